The number of hydrogen-bond donors (Lipinski definition) is 1. The van der Waals surface area contributed by atoms with Crippen LogP contribution in [0.4, 0.5) is 0 Å². The fourth-order valence-electron chi connectivity index (χ4n) is 6.66. The third kappa shape index (κ3) is 8.06. The minimum Gasteiger partial charge on any atom is -0.398 e. The molecule has 0 amide bonds. The van der Waals surface area contributed by atoms with Crippen molar-refractivity contribution in [2.24, 2.45) is 10.7 Å². The zero-order chi connectivity index (χ0) is 36.4. The lowest BCUT2D eigenvalue weighted by molar-refractivity contribution is 1.07. The first-order valence-corrected chi connectivity index (χ1v) is 17.9. The summed E-state index contributed by atoms with van der Waals surface area (Å²) in [7, 11) is 0. The Labute approximate surface area is 311 Å². The number of aliphatic imine (C=N–C) groups is 1. The zero-order valence-corrected chi connectivity index (χ0v) is 29.9. The highest BCUT2D eigenvalue weighted by Crippen LogP contribution is 2.29. The minimum absolute atomic E-state index is 0.496. The van der Waals surface area contributed by atoms with Crippen molar-refractivity contribution >= 4 is 44.6 Å². The molecule has 0 spiro atoms. The molecular weight excluding hydrogens is 643 g/mol. The molecule has 0 bridgehead atoms. The summed E-state index contributed by atoms with van der Waals surface area (Å²) in [5, 5.41) is 6.87. The molecule has 0 unspecified atom stereocenters. The van der Waals surface area contributed by atoms with Gasteiger partial charge >= 0.3 is 0 Å². The van der Waals surface area contributed by atoms with Gasteiger partial charge in [0, 0.05) is 29.0 Å². The summed E-state index contributed by atoms with van der Waals surface area (Å²) >= 11 is 0. The van der Waals surface area contributed by atoms with Gasteiger partial charge in [0.05, 0.1) is 12.3 Å². The predicted molar refractivity (Wildman–Crippen MR) is 227 cm³/mol. The van der Waals surface area contributed by atoms with Crippen LogP contribution in [-0.4, -0.2) is 10.7 Å². The molecule has 0 aliphatic heterocycles. The lowest BCUT2D eigenvalue weighted by Gasteiger charge is -2.10. The van der Waals surface area contributed by atoms with Gasteiger partial charge in [-0.05, 0) is 85.1 Å². The summed E-state index contributed by atoms with van der Waals surface area (Å²) < 4.78 is 0. The van der Waals surface area contributed by atoms with Crippen molar-refractivity contribution in [2.75, 3.05) is 0 Å². The summed E-state index contributed by atoms with van der Waals surface area (Å²) in [4.78, 5) is 9.76. The smallest absolute Gasteiger partial charge is 0.0671 e. The molecule has 0 saturated heterocycles. The molecule has 6 aromatic rings. The molecule has 0 atom stereocenters. The van der Waals surface area contributed by atoms with E-state index in [2.05, 4.69) is 163 Å². The first-order chi connectivity index (χ1) is 26.1. The van der Waals surface area contributed by atoms with Crippen LogP contribution in [0.3, 0.4) is 0 Å². The van der Waals surface area contributed by atoms with Crippen molar-refractivity contribution in [3.63, 3.8) is 0 Å². The Bertz CT molecular complexity index is 2670. The van der Waals surface area contributed by atoms with E-state index in [1.807, 2.05) is 49.7 Å². The molecule has 3 heteroatoms. The van der Waals surface area contributed by atoms with E-state index in [-0.39, 0.29) is 0 Å². The average molecular weight is 684 g/mol. The van der Waals surface area contributed by atoms with Crippen LogP contribution in [0.2, 0.25) is 0 Å². The molecule has 0 saturated carbocycles. The van der Waals surface area contributed by atoms with Gasteiger partial charge in [0.25, 0.3) is 0 Å². The van der Waals surface area contributed by atoms with Gasteiger partial charge in [0.1, 0.15) is 0 Å². The number of rotatable bonds is 8. The Morgan fingerprint density at radius 3 is 2.42 bits per heavy atom. The van der Waals surface area contributed by atoms with E-state index in [1.54, 1.807) is 0 Å². The highest BCUT2D eigenvalue weighted by Gasteiger charge is 2.09. The summed E-state index contributed by atoms with van der Waals surface area (Å²) in [5.74, 6) is 0. The molecule has 3 nitrogen and oxygen atoms in total. The largest absolute Gasteiger partial charge is 0.398 e. The second-order valence-electron chi connectivity index (χ2n) is 12.8. The Morgan fingerprint density at radius 1 is 0.755 bits per heavy atom. The van der Waals surface area contributed by atoms with Crippen LogP contribution < -0.4 is 16.2 Å². The summed E-state index contributed by atoms with van der Waals surface area (Å²) in [6.45, 7) is 6.68. The maximum Gasteiger partial charge on any atom is 0.0671 e. The maximum absolute atomic E-state index is 6.98. The lowest BCUT2D eigenvalue weighted by atomic mass is 9.97. The third-order valence-corrected chi connectivity index (χ3v) is 9.34. The summed E-state index contributed by atoms with van der Waals surface area (Å²) in [5.41, 5.74) is 15.6. The van der Waals surface area contributed by atoms with Gasteiger partial charge in [-0.3, -0.25) is 9.98 Å². The Hall–Kier alpha value is -6.84. The molecule has 1 heterocycles. The van der Waals surface area contributed by atoms with Crippen LogP contribution >= 0.6 is 0 Å². The van der Waals surface area contributed by atoms with Crippen molar-refractivity contribution in [3.8, 4) is 11.1 Å². The number of nitrogens with zero attached hydrogens (tertiary/aromatic N) is 2. The van der Waals surface area contributed by atoms with Crippen LogP contribution in [0.15, 0.2) is 211 Å². The SMILES string of the molecule is C=C/C1=c2\cccc\c2=C/C=C/C(C(/C=C(\N)c2cccc(-c3cncc4ccccc34)c2)=NCc2ccc3ccccc3c2)=C\C=C/C=C1/C=C\C. The van der Waals surface area contributed by atoms with Gasteiger partial charge in [-0.1, -0.05) is 170 Å². The number of benzene rings is 5. The van der Waals surface area contributed by atoms with Gasteiger partial charge in [0.15, 0.2) is 0 Å². The quantitative estimate of drug-likeness (QED) is 0.162. The van der Waals surface area contributed by atoms with Crippen molar-refractivity contribution in [1.29, 1.82) is 0 Å². The number of pyridine rings is 1. The molecular formula is C50H41N3. The molecule has 2 N–H and O–H groups in total. The first-order valence-electron chi connectivity index (χ1n) is 17.9. The third-order valence-electron chi connectivity index (χ3n) is 9.34. The topological polar surface area (TPSA) is 51.3 Å². The van der Waals surface area contributed by atoms with E-state index in [1.165, 1.54) is 10.8 Å². The van der Waals surface area contributed by atoms with Gasteiger partial charge < -0.3 is 5.73 Å². The molecule has 5 aromatic carbocycles. The fraction of sp³-hybridized carbons (Fsp3) is 0.0400. The molecule has 0 fully saturated rings. The Kier molecular flexibility index (Phi) is 10.7. The number of aromatic nitrogens is 1. The molecule has 256 valence electrons. The summed E-state index contributed by atoms with van der Waals surface area (Å²) in [6, 6.07) is 40.0. The van der Waals surface area contributed by atoms with Crippen molar-refractivity contribution in [3.05, 3.63) is 228 Å². The van der Waals surface area contributed by atoms with E-state index in [9.17, 15) is 0 Å². The Balaban J connectivity index is 1.35. The van der Waals surface area contributed by atoms with Crippen molar-refractivity contribution < 1.29 is 0 Å². The van der Waals surface area contributed by atoms with Crippen LogP contribution in [0, 0.1) is 0 Å². The number of nitrogens with two attached hydrogens (primary N) is 1. The summed E-state index contributed by atoms with van der Waals surface area (Å²) in [6.07, 6.45) is 26.6. The van der Waals surface area contributed by atoms with Crippen LogP contribution in [0.1, 0.15) is 18.1 Å². The van der Waals surface area contributed by atoms with E-state index in [0.717, 1.165) is 65.9 Å². The molecule has 7 rings (SSSR count). The Morgan fingerprint density at radius 2 is 1.55 bits per heavy atom. The molecule has 1 aliphatic rings. The lowest BCUT2D eigenvalue weighted by Crippen LogP contribution is -2.26. The minimum atomic E-state index is 0.496. The van der Waals surface area contributed by atoms with E-state index < -0.39 is 0 Å². The van der Waals surface area contributed by atoms with Crippen molar-refractivity contribution in [1.82, 2.24) is 4.98 Å². The standard InChI is InChI=1S/C50H41N3/c1-3-15-38-17-6-7-19-40(23-13-22-39-18-9-11-26-46(39)45(38)4-2)50(53-33-36-28-29-37-16-5-8-20-41(37)30-36)32-49(51)43-25-14-24-42(31-43)48-35-52-34-44-21-10-12-27-47(44)48/h3-32,34-35H,2,33,51H2,1H3/b7-6-,15-3-,17-6?,19-7?,22-13?,23-13+,38-17-,39-22+,40-19+,40-23?,45-38?,46-45-,49-32-,53-50?. The van der Waals surface area contributed by atoms with E-state index in [0.29, 0.717) is 12.2 Å². The second kappa shape index (κ2) is 16.5. The highest BCUT2D eigenvalue weighted by molar-refractivity contribution is 6.14. The van der Waals surface area contributed by atoms with E-state index in [4.69, 9.17) is 10.7 Å². The van der Waals surface area contributed by atoms with E-state index >= 15 is 0 Å². The predicted octanol–water partition coefficient (Wildman–Crippen LogP) is 10.4. The normalized spacial score (nSPS) is 18.8. The number of hydrogen-bond acceptors (Lipinski definition) is 3. The zero-order valence-electron chi connectivity index (χ0n) is 29.9. The second-order valence-corrected chi connectivity index (χ2v) is 12.8. The molecule has 1 aromatic heterocycles. The monoisotopic (exact) mass is 683 g/mol. The highest BCUT2D eigenvalue weighted by atomic mass is 14.7. The van der Waals surface area contributed by atoms with Crippen LogP contribution in [-0.2, 0) is 6.54 Å². The van der Waals surface area contributed by atoms with Crippen LogP contribution in [0.25, 0.3) is 50.0 Å². The average Bonchev–Trinajstić information content (AvgIpc) is 3.20. The van der Waals surface area contributed by atoms with Crippen LogP contribution in [0.5, 0.6) is 0 Å². The molecule has 0 radical (unpaired) electrons. The number of fused-ring (bicyclic) bond motifs is 3. The molecule has 1 aliphatic carbocycles. The van der Waals surface area contributed by atoms with Gasteiger partial charge in [-0.25, -0.2) is 0 Å². The maximum atomic E-state index is 6.98. The van der Waals surface area contributed by atoms with Gasteiger partial charge in [-0.2, -0.15) is 0 Å². The van der Waals surface area contributed by atoms with Crippen molar-refractivity contribution in [2.45, 2.75) is 13.5 Å². The van der Waals surface area contributed by atoms with Gasteiger partial charge in [-0.15, -0.1) is 0 Å². The fourth-order valence-corrected chi connectivity index (χ4v) is 6.66. The van der Waals surface area contributed by atoms with Gasteiger partial charge in [0.2, 0.25) is 0 Å². The number of allylic oxidation sites excluding steroid dienone is 12. The first kappa shape index (κ1) is 34.6. The molecule has 53 heavy (non-hydrogen) atoms.